The van der Waals surface area contributed by atoms with Crippen LogP contribution in [0, 0.1) is 0 Å². The number of ether oxygens (including phenoxy) is 1. The highest BCUT2D eigenvalue weighted by Crippen LogP contribution is 2.14. The lowest BCUT2D eigenvalue weighted by molar-refractivity contribution is 0.0995. The normalized spacial score (nSPS) is 10.0. The second kappa shape index (κ2) is 6.42. The zero-order chi connectivity index (χ0) is 14.4. The predicted molar refractivity (Wildman–Crippen MR) is 77.6 cm³/mol. The number of carbonyl (C=O) groups excluding carboxylic acids is 1. The van der Waals surface area contributed by atoms with Gasteiger partial charge in [-0.15, -0.1) is 0 Å². The van der Waals surface area contributed by atoms with Crippen molar-refractivity contribution in [2.45, 2.75) is 0 Å². The van der Waals surface area contributed by atoms with Crippen LogP contribution in [0.5, 0.6) is 5.75 Å². The molecule has 1 amide bonds. The molecule has 0 bridgehead atoms. The van der Waals surface area contributed by atoms with Crippen LogP contribution in [-0.4, -0.2) is 24.0 Å². The summed E-state index contributed by atoms with van der Waals surface area (Å²) in [6, 6.07) is 10.6. The number of aromatic nitrogens is 1. The average Bonchev–Trinajstić information content (AvgIpc) is 2.44. The maximum absolute atomic E-state index is 11.0. The molecule has 0 fully saturated rings. The second-order valence-corrected chi connectivity index (χ2v) is 4.14. The number of nitrogens with zero attached hydrogens (tertiary/aromatic N) is 1. The minimum absolute atomic E-state index is 0.228. The molecule has 1 aromatic heterocycles. The van der Waals surface area contributed by atoms with Crippen molar-refractivity contribution in [2.24, 2.45) is 5.73 Å². The smallest absolute Gasteiger partial charge is 0.267 e. The highest BCUT2D eigenvalue weighted by molar-refractivity contribution is 5.91. The van der Waals surface area contributed by atoms with Crippen molar-refractivity contribution in [1.82, 2.24) is 4.98 Å². The summed E-state index contributed by atoms with van der Waals surface area (Å²) in [5.41, 5.74) is 12.5. The number of nitrogens with two attached hydrogens (primary N) is 2. The van der Waals surface area contributed by atoms with Gasteiger partial charge in [-0.3, -0.25) is 9.78 Å². The third kappa shape index (κ3) is 3.88. The van der Waals surface area contributed by atoms with E-state index in [1.165, 1.54) is 6.20 Å². The zero-order valence-corrected chi connectivity index (χ0v) is 10.9. The van der Waals surface area contributed by atoms with Crippen LogP contribution in [0.2, 0.25) is 0 Å². The molecule has 0 saturated carbocycles. The number of hydrogen-bond acceptors (Lipinski definition) is 5. The van der Waals surface area contributed by atoms with E-state index < -0.39 is 5.91 Å². The fourth-order valence-corrected chi connectivity index (χ4v) is 1.64. The highest BCUT2D eigenvalue weighted by Gasteiger charge is 2.02. The monoisotopic (exact) mass is 272 g/mol. The Morgan fingerprint density at radius 2 is 2.15 bits per heavy atom. The Balaban J connectivity index is 1.81. The number of nitrogen functional groups attached to an aromatic ring is 1. The molecule has 0 aliphatic rings. The van der Waals surface area contributed by atoms with E-state index in [0.29, 0.717) is 18.8 Å². The first-order valence-electron chi connectivity index (χ1n) is 6.13. The van der Waals surface area contributed by atoms with E-state index in [2.05, 4.69) is 10.3 Å². The van der Waals surface area contributed by atoms with Crippen LogP contribution in [0.3, 0.4) is 0 Å². The minimum Gasteiger partial charge on any atom is -0.492 e. The lowest BCUT2D eigenvalue weighted by atomic mass is 10.3. The van der Waals surface area contributed by atoms with Gasteiger partial charge in [-0.25, -0.2) is 0 Å². The number of hydrogen-bond donors (Lipinski definition) is 3. The van der Waals surface area contributed by atoms with Crippen LogP contribution >= 0.6 is 0 Å². The standard InChI is InChI=1S/C14H16N4O2/c15-10-2-1-3-12(8-10)20-7-6-17-11-4-5-18-13(9-11)14(16)19/h1-5,8-9H,6-7,15H2,(H2,16,19)(H,17,18). The molecule has 6 heteroatoms. The lowest BCUT2D eigenvalue weighted by Gasteiger charge is -2.09. The van der Waals surface area contributed by atoms with Crippen molar-refractivity contribution < 1.29 is 9.53 Å². The maximum atomic E-state index is 11.0. The molecule has 0 unspecified atom stereocenters. The van der Waals surface area contributed by atoms with Crippen molar-refractivity contribution in [3.8, 4) is 5.75 Å². The van der Waals surface area contributed by atoms with E-state index in [1.807, 2.05) is 12.1 Å². The van der Waals surface area contributed by atoms with Gasteiger partial charge in [0.05, 0.1) is 0 Å². The fourth-order valence-electron chi connectivity index (χ4n) is 1.64. The van der Waals surface area contributed by atoms with Gasteiger partial charge in [0.2, 0.25) is 0 Å². The molecule has 0 saturated heterocycles. The first-order chi connectivity index (χ1) is 9.65. The number of anilines is 2. The summed E-state index contributed by atoms with van der Waals surface area (Å²) in [6.45, 7) is 1.05. The highest BCUT2D eigenvalue weighted by atomic mass is 16.5. The molecule has 5 N–H and O–H groups in total. The van der Waals surface area contributed by atoms with Crippen molar-refractivity contribution in [3.63, 3.8) is 0 Å². The van der Waals surface area contributed by atoms with E-state index in [9.17, 15) is 4.79 Å². The number of amides is 1. The average molecular weight is 272 g/mol. The molecule has 1 aromatic carbocycles. The zero-order valence-electron chi connectivity index (χ0n) is 10.9. The van der Waals surface area contributed by atoms with E-state index >= 15 is 0 Å². The number of nitrogens with one attached hydrogen (secondary N) is 1. The van der Waals surface area contributed by atoms with Crippen LogP contribution < -0.4 is 21.5 Å². The Kier molecular flexibility index (Phi) is 4.39. The summed E-state index contributed by atoms with van der Waals surface area (Å²) >= 11 is 0. The SMILES string of the molecule is NC(=O)c1cc(NCCOc2cccc(N)c2)ccn1. The third-order valence-electron chi connectivity index (χ3n) is 2.57. The summed E-state index contributed by atoms with van der Waals surface area (Å²) in [5, 5.41) is 3.12. The summed E-state index contributed by atoms with van der Waals surface area (Å²) in [5.74, 6) is 0.170. The van der Waals surface area contributed by atoms with Gasteiger partial charge in [0.15, 0.2) is 0 Å². The molecule has 2 rings (SSSR count). The lowest BCUT2D eigenvalue weighted by Crippen LogP contribution is -2.15. The van der Waals surface area contributed by atoms with Gasteiger partial charge in [0.25, 0.3) is 5.91 Å². The molecule has 104 valence electrons. The number of rotatable bonds is 6. The molecule has 0 atom stereocenters. The molecule has 2 aromatic rings. The maximum Gasteiger partial charge on any atom is 0.267 e. The summed E-state index contributed by atoms with van der Waals surface area (Å²) < 4.78 is 5.54. The Morgan fingerprint density at radius 1 is 1.30 bits per heavy atom. The van der Waals surface area contributed by atoms with E-state index in [1.54, 1.807) is 24.3 Å². The topological polar surface area (TPSA) is 103 Å². The van der Waals surface area contributed by atoms with Gasteiger partial charge in [0, 0.05) is 30.2 Å². The van der Waals surface area contributed by atoms with Crippen LogP contribution in [0.25, 0.3) is 0 Å². The number of benzene rings is 1. The Bertz CT molecular complexity index is 601. The number of carbonyl (C=O) groups is 1. The van der Waals surface area contributed by atoms with Crippen molar-refractivity contribution >= 4 is 17.3 Å². The molecule has 0 aliphatic heterocycles. The molecule has 6 nitrogen and oxygen atoms in total. The minimum atomic E-state index is -0.551. The van der Waals surface area contributed by atoms with E-state index in [4.69, 9.17) is 16.2 Å². The summed E-state index contributed by atoms with van der Waals surface area (Å²) in [6.07, 6.45) is 1.53. The Labute approximate surface area is 116 Å². The van der Waals surface area contributed by atoms with Gasteiger partial charge in [-0.1, -0.05) is 6.07 Å². The molecule has 0 radical (unpaired) electrons. The Hall–Kier alpha value is -2.76. The third-order valence-corrected chi connectivity index (χ3v) is 2.57. The predicted octanol–water partition coefficient (Wildman–Crippen LogP) is 1.25. The Morgan fingerprint density at radius 3 is 2.90 bits per heavy atom. The second-order valence-electron chi connectivity index (χ2n) is 4.14. The van der Waals surface area contributed by atoms with Crippen LogP contribution in [-0.2, 0) is 0 Å². The molecule has 1 heterocycles. The number of primary amides is 1. The molecule has 0 spiro atoms. The van der Waals surface area contributed by atoms with Gasteiger partial charge in [-0.05, 0) is 24.3 Å². The van der Waals surface area contributed by atoms with Crippen LogP contribution in [0.15, 0.2) is 42.6 Å². The van der Waals surface area contributed by atoms with Crippen LogP contribution in [0.1, 0.15) is 10.5 Å². The molecular weight excluding hydrogens is 256 g/mol. The van der Waals surface area contributed by atoms with Gasteiger partial charge in [-0.2, -0.15) is 0 Å². The largest absolute Gasteiger partial charge is 0.492 e. The van der Waals surface area contributed by atoms with E-state index in [0.717, 1.165) is 11.4 Å². The fraction of sp³-hybridized carbons (Fsp3) is 0.143. The van der Waals surface area contributed by atoms with Crippen molar-refractivity contribution in [3.05, 3.63) is 48.3 Å². The number of pyridine rings is 1. The first-order valence-corrected chi connectivity index (χ1v) is 6.13. The summed E-state index contributed by atoms with van der Waals surface area (Å²) in [4.78, 5) is 14.9. The van der Waals surface area contributed by atoms with Crippen LogP contribution in [0.4, 0.5) is 11.4 Å². The van der Waals surface area contributed by atoms with Crippen molar-refractivity contribution in [2.75, 3.05) is 24.2 Å². The van der Waals surface area contributed by atoms with Gasteiger partial charge >= 0.3 is 0 Å². The van der Waals surface area contributed by atoms with Gasteiger partial charge in [0.1, 0.15) is 18.1 Å². The molecular formula is C14H16N4O2. The van der Waals surface area contributed by atoms with Crippen molar-refractivity contribution in [1.29, 1.82) is 0 Å². The first kappa shape index (κ1) is 13.7. The van der Waals surface area contributed by atoms with Gasteiger partial charge < -0.3 is 21.5 Å². The van der Waals surface area contributed by atoms with E-state index in [-0.39, 0.29) is 5.69 Å². The molecule has 0 aliphatic carbocycles. The molecule has 20 heavy (non-hydrogen) atoms. The quantitative estimate of drug-likeness (QED) is 0.542. The summed E-state index contributed by atoms with van der Waals surface area (Å²) in [7, 11) is 0.